The summed E-state index contributed by atoms with van der Waals surface area (Å²) < 4.78 is 0. The molecule has 0 bridgehead atoms. The van der Waals surface area contributed by atoms with E-state index >= 15 is 0 Å². The minimum absolute atomic E-state index is 0. The van der Waals surface area contributed by atoms with E-state index < -0.39 is 0 Å². The SMILES string of the molecule is C=O.CCc1ccc(NC)c(NCc2ccc(CNCc3ccc(C#N)cc3)cc2)c1.O.O.[HH].[HH]. The predicted molar refractivity (Wildman–Crippen MR) is 139 cm³/mol. The van der Waals surface area contributed by atoms with Crippen LogP contribution in [0.5, 0.6) is 0 Å². The molecule has 0 aliphatic rings. The smallest absolute Gasteiger partial charge is 0.106 e. The minimum atomic E-state index is 0. The Hall–Kier alpha value is -3.70. The summed E-state index contributed by atoms with van der Waals surface area (Å²) in [6.07, 6.45) is 1.03. The third-order valence-corrected chi connectivity index (χ3v) is 5.01. The van der Waals surface area contributed by atoms with Crippen LogP contribution in [0.2, 0.25) is 0 Å². The Balaban J connectivity index is -0.00000166. The number of rotatable bonds is 9. The van der Waals surface area contributed by atoms with Gasteiger partial charge in [-0.05, 0) is 52.9 Å². The van der Waals surface area contributed by atoms with Crippen molar-refractivity contribution in [3.05, 3.63) is 94.5 Å². The standard InChI is InChI=1S/C25H28N4.CH2O.2H2O.2H2/c1-3-19-12-13-24(27-2)25(14-19)29-18-23-10-8-22(9-11-23)17-28-16-21-6-4-20(15-26)5-7-21;1-2;;;;/h4-14,27-29H,3,16-18H2,1-2H3;1H2;2*1H2;2*1H. The van der Waals surface area contributed by atoms with E-state index in [1.165, 1.54) is 22.3 Å². The third kappa shape index (κ3) is 9.13. The van der Waals surface area contributed by atoms with E-state index in [-0.39, 0.29) is 13.8 Å². The highest BCUT2D eigenvalue weighted by atomic mass is 16.1. The highest BCUT2D eigenvalue weighted by Gasteiger charge is 2.03. The first-order valence-electron chi connectivity index (χ1n) is 10.3. The number of anilines is 2. The predicted octanol–water partition coefficient (Wildman–Crippen LogP) is 3.72. The van der Waals surface area contributed by atoms with Crippen LogP contribution in [0.25, 0.3) is 0 Å². The van der Waals surface area contributed by atoms with E-state index in [9.17, 15) is 0 Å². The van der Waals surface area contributed by atoms with Crippen LogP contribution >= 0.6 is 0 Å². The summed E-state index contributed by atoms with van der Waals surface area (Å²) >= 11 is 0. The van der Waals surface area contributed by atoms with E-state index in [1.807, 2.05) is 38.1 Å². The lowest BCUT2D eigenvalue weighted by Crippen LogP contribution is -2.12. The molecule has 7 N–H and O–H groups in total. The van der Waals surface area contributed by atoms with Gasteiger partial charge in [0.15, 0.2) is 0 Å². The summed E-state index contributed by atoms with van der Waals surface area (Å²) in [6, 6.07) is 25.0. The number of nitriles is 1. The van der Waals surface area contributed by atoms with Crippen molar-refractivity contribution in [2.24, 2.45) is 0 Å². The molecule has 3 rings (SSSR count). The second kappa shape index (κ2) is 16.0. The molecule has 3 aromatic rings. The summed E-state index contributed by atoms with van der Waals surface area (Å²) in [7, 11) is 1.95. The molecule has 0 aromatic heterocycles. The first-order chi connectivity index (χ1) is 15.2. The summed E-state index contributed by atoms with van der Waals surface area (Å²) in [5.41, 5.74) is 7.97. The maximum absolute atomic E-state index is 8.86. The number of benzene rings is 3. The maximum atomic E-state index is 8.86. The molecule has 0 heterocycles. The molecular weight excluding hydrogens is 416 g/mol. The van der Waals surface area contributed by atoms with Crippen molar-refractivity contribution >= 4 is 18.2 Å². The van der Waals surface area contributed by atoms with Crippen molar-refractivity contribution in [1.82, 2.24) is 5.32 Å². The van der Waals surface area contributed by atoms with E-state index in [4.69, 9.17) is 10.1 Å². The van der Waals surface area contributed by atoms with Crippen molar-refractivity contribution in [1.29, 1.82) is 5.26 Å². The van der Waals surface area contributed by atoms with Crippen LogP contribution in [-0.2, 0) is 30.8 Å². The summed E-state index contributed by atoms with van der Waals surface area (Å²) in [5, 5.41) is 19.1. The van der Waals surface area contributed by atoms with Crippen molar-refractivity contribution < 1.29 is 18.6 Å². The van der Waals surface area contributed by atoms with Crippen molar-refractivity contribution in [2.75, 3.05) is 17.7 Å². The van der Waals surface area contributed by atoms with Gasteiger partial charge in [-0.15, -0.1) is 0 Å². The van der Waals surface area contributed by atoms with Crippen LogP contribution in [0.3, 0.4) is 0 Å². The van der Waals surface area contributed by atoms with Gasteiger partial charge in [-0.3, -0.25) is 0 Å². The molecule has 0 atom stereocenters. The molecule has 180 valence electrons. The Morgan fingerprint density at radius 3 is 1.76 bits per heavy atom. The lowest BCUT2D eigenvalue weighted by molar-refractivity contribution is -0.0980. The molecule has 0 unspecified atom stereocenters. The van der Waals surface area contributed by atoms with Gasteiger partial charge in [0.2, 0.25) is 0 Å². The fourth-order valence-corrected chi connectivity index (χ4v) is 3.20. The van der Waals surface area contributed by atoms with Crippen molar-refractivity contribution in [3.63, 3.8) is 0 Å². The van der Waals surface area contributed by atoms with Gasteiger partial charge in [-0.25, -0.2) is 0 Å². The van der Waals surface area contributed by atoms with Crippen LogP contribution in [0.4, 0.5) is 11.4 Å². The lowest BCUT2D eigenvalue weighted by Gasteiger charge is -2.14. The Kier molecular flexibility index (Phi) is 14.2. The molecule has 0 saturated carbocycles. The van der Waals surface area contributed by atoms with Crippen LogP contribution in [0.1, 0.15) is 37.6 Å². The van der Waals surface area contributed by atoms with Gasteiger partial charge in [-0.2, -0.15) is 5.26 Å². The van der Waals surface area contributed by atoms with Crippen LogP contribution < -0.4 is 16.0 Å². The Morgan fingerprint density at radius 2 is 1.27 bits per heavy atom. The second-order valence-electron chi connectivity index (χ2n) is 7.07. The first kappa shape index (κ1) is 29.3. The summed E-state index contributed by atoms with van der Waals surface area (Å²) in [5.74, 6) is 0. The zero-order valence-corrected chi connectivity index (χ0v) is 19.2. The van der Waals surface area contributed by atoms with Crippen molar-refractivity contribution in [2.45, 2.75) is 33.0 Å². The minimum Gasteiger partial charge on any atom is -0.412 e. The molecule has 7 nitrogen and oxygen atoms in total. The van der Waals surface area contributed by atoms with Crippen molar-refractivity contribution in [3.8, 4) is 6.07 Å². The number of nitrogens with one attached hydrogen (secondary N) is 3. The summed E-state index contributed by atoms with van der Waals surface area (Å²) in [4.78, 5) is 8.00. The fraction of sp³-hybridized carbons (Fsp3) is 0.231. The van der Waals surface area contributed by atoms with E-state index in [0.29, 0.717) is 5.56 Å². The van der Waals surface area contributed by atoms with Gasteiger partial charge in [-0.1, -0.05) is 49.4 Å². The third-order valence-electron chi connectivity index (χ3n) is 5.01. The van der Waals surface area contributed by atoms with E-state index in [1.54, 1.807) is 0 Å². The lowest BCUT2D eigenvalue weighted by atomic mass is 10.1. The van der Waals surface area contributed by atoms with Gasteiger partial charge >= 0.3 is 0 Å². The topological polar surface area (TPSA) is 140 Å². The number of carbonyl (C=O) groups is 1. The molecular formula is C26H38N4O3. The van der Waals surface area contributed by atoms with E-state index in [2.05, 4.69) is 71.4 Å². The maximum Gasteiger partial charge on any atom is 0.106 e. The molecule has 7 heteroatoms. The summed E-state index contributed by atoms with van der Waals surface area (Å²) in [6.45, 7) is 6.57. The molecule has 0 aliphatic heterocycles. The zero-order chi connectivity index (χ0) is 22.5. The molecule has 0 amide bonds. The molecule has 0 spiro atoms. The number of carbonyl (C=O) groups excluding carboxylic acids is 1. The average molecular weight is 455 g/mol. The van der Waals surface area contributed by atoms with Gasteiger partial charge in [0, 0.05) is 29.5 Å². The largest absolute Gasteiger partial charge is 0.412 e. The van der Waals surface area contributed by atoms with Gasteiger partial charge < -0.3 is 31.7 Å². The second-order valence-corrected chi connectivity index (χ2v) is 7.07. The monoisotopic (exact) mass is 454 g/mol. The molecule has 33 heavy (non-hydrogen) atoms. The zero-order valence-electron chi connectivity index (χ0n) is 19.2. The Bertz CT molecular complexity index is 995. The average Bonchev–Trinajstić information content (AvgIpc) is 2.85. The number of hydrogen-bond acceptors (Lipinski definition) is 5. The van der Waals surface area contributed by atoms with Crippen LogP contribution in [0, 0.1) is 11.3 Å². The molecule has 0 aliphatic carbocycles. The normalized spacial score (nSPS) is 9.24. The Labute approximate surface area is 199 Å². The van der Waals surface area contributed by atoms with Gasteiger partial charge in [0.05, 0.1) is 23.0 Å². The first-order valence-corrected chi connectivity index (χ1v) is 10.3. The van der Waals surface area contributed by atoms with Gasteiger partial charge in [0.25, 0.3) is 0 Å². The van der Waals surface area contributed by atoms with Gasteiger partial charge in [0.1, 0.15) is 6.79 Å². The van der Waals surface area contributed by atoms with E-state index in [0.717, 1.165) is 37.4 Å². The number of aryl methyl sites for hydroxylation is 1. The quantitative estimate of drug-likeness (QED) is 0.452. The highest BCUT2D eigenvalue weighted by molar-refractivity contribution is 5.69. The highest BCUT2D eigenvalue weighted by Crippen LogP contribution is 2.24. The molecule has 0 radical (unpaired) electrons. The molecule has 3 aromatic carbocycles. The van der Waals surface area contributed by atoms with Crippen LogP contribution in [-0.4, -0.2) is 24.8 Å². The fourth-order valence-electron chi connectivity index (χ4n) is 3.20. The molecule has 0 fully saturated rings. The number of hydrogen-bond donors (Lipinski definition) is 3. The Morgan fingerprint density at radius 1 is 0.788 bits per heavy atom. The van der Waals surface area contributed by atoms with Crippen LogP contribution in [0.15, 0.2) is 66.7 Å². The molecule has 0 saturated heterocycles. The number of nitrogens with zero attached hydrogens (tertiary/aromatic N) is 1.